The molecule has 3 rings (SSSR count). The van der Waals surface area contributed by atoms with Gasteiger partial charge in [-0.2, -0.15) is 5.26 Å². The summed E-state index contributed by atoms with van der Waals surface area (Å²) in [6.45, 7) is 0.348. The van der Waals surface area contributed by atoms with Crippen LogP contribution in [0.3, 0.4) is 0 Å². The van der Waals surface area contributed by atoms with Crippen molar-refractivity contribution in [1.82, 2.24) is 24.6 Å². The van der Waals surface area contributed by atoms with Gasteiger partial charge < -0.3 is 25.0 Å². The molecule has 0 aromatic carbocycles. The van der Waals surface area contributed by atoms with Crippen LogP contribution in [0.25, 0.3) is 11.2 Å². The molecule has 1 unspecified atom stereocenters. The van der Waals surface area contributed by atoms with Gasteiger partial charge in [0.25, 0.3) is 8.53 Å². The highest BCUT2D eigenvalue weighted by atomic mass is 31.2. The molecule has 11 nitrogen and oxygen atoms in total. The first-order valence-electron chi connectivity index (χ1n) is 7.59. The molecule has 0 bridgehead atoms. The Balaban J connectivity index is 1.59. The summed E-state index contributed by atoms with van der Waals surface area (Å²) in [6.07, 6.45) is 1.65. The number of ether oxygens (including phenoxy) is 1. The van der Waals surface area contributed by atoms with Crippen molar-refractivity contribution in [3.63, 3.8) is 0 Å². The van der Waals surface area contributed by atoms with Gasteiger partial charge in [-0.25, -0.2) is 20.0 Å². The fourth-order valence-electron chi connectivity index (χ4n) is 2.51. The Bertz CT molecular complexity index is 766. The second-order valence-electron chi connectivity index (χ2n) is 5.40. The summed E-state index contributed by atoms with van der Waals surface area (Å²) in [5.41, 5.74) is 6.76. The molecule has 4 atom stereocenters. The maximum atomic E-state index is 10.2. The van der Waals surface area contributed by atoms with Gasteiger partial charge in [0.15, 0.2) is 11.5 Å². The van der Waals surface area contributed by atoms with Crippen molar-refractivity contribution in [2.75, 3.05) is 18.9 Å². The van der Waals surface area contributed by atoms with Crippen molar-refractivity contribution in [3.8, 4) is 6.07 Å². The molecule has 1 aliphatic rings. The Morgan fingerprint density at radius 3 is 3.16 bits per heavy atom. The molecule has 134 valence electrons. The minimum atomic E-state index is -1.87. The van der Waals surface area contributed by atoms with Crippen LogP contribution in [0.1, 0.15) is 19.1 Å². The molecule has 2 aromatic rings. The quantitative estimate of drug-likeness (QED) is 0.380. The van der Waals surface area contributed by atoms with E-state index in [0.717, 1.165) is 0 Å². The summed E-state index contributed by atoms with van der Waals surface area (Å²) in [4.78, 5) is 21.9. The normalized spacial score (nSPS) is 24.4. The average Bonchev–Trinajstić information content (AvgIpc) is 3.17. The van der Waals surface area contributed by atoms with Crippen LogP contribution in [0.4, 0.5) is 5.82 Å². The van der Waals surface area contributed by atoms with Gasteiger partial charge in [-0.05, 0) is 0 Å². The molecular formula is C13H18N7O4P. The van der Waals surface area contributed by atoms with Gasteiger partial charge in [0, 0.05) is 19.4 Å². The van der Waals surface area contributed by atoms with Gasteiger partial charge in [-0.3, -0.25) is 4.57 Å². The second kappa shape index (κ2) is 7.97. The summed E-state index contributed by atoms with van der Waals surface area (Å²) in [5.74, 6) is 0.275. The summed E-state index contributed by atoms with van der Waals surface area (Å²) in [6, 6.07) is 1.96. The van der Waals surface area contributed by atoms with E-state index in [2.05, 4.69) is 20.0 Å². The number of imidazole rings is 1. The highest BCUT2D eigenvalue weighted by molar-refractivity contribution is 7.43. The number of nitriles is 1. The van der Waals surface area contributed by atoms with Crippen molar-refractivity contribution in [2.24, 2.45) is 0 Å². The molecule has 0 saturated carbocycles. The number of nitrogens with one attached hydrogen (secondary N) is 1. The molecule has 1 aliphatic heterocycles. The van der Waals surface area contributed by atoms with E-state index in [1.54, 1.807) is 10.9 Å². The Kier molecular flexibility index (Phi) is 5.70. The zero-order valence-electron chi connectivity index (χ0n) is 13.2. The molecule has 3 heterocycles. The van der Waals surface area contributed by atoms with Crippen molar-refractivity contribution in [3.05, 3.63) is 12.7 Å². The molecule has 25 heavy (non-hydrogen) atoms. The number of nitrogens with zero attached hydrogens (tertiary/aromatic N) is 5. The van der Waals surface area contributed by atoms with Crippen LogP contribution in [0.15, 0.2) is 12.7 Å². The van der Waals surface area contributed by atoms with Crippen molar-refractivity contribution >= 4 is 25.5 Å². The zero-order chi connectivity index (χ0) is 17.8. The predicted molar refractivity (Wildman–Crippen MR) is 87.6 cm³/mol. The van der Waals surface area contributed by atoms with E-state index in [9.17, 15) is 10.00 Å². The van der Waals surface area contributed by atoms with E-state index in [-0.39, 0.29) is 18.8 Å². The Labute approximate surface area is 144 Å². The van der Waals surface area contributed by atoms with Crippen LogP contribution in [0, 0.1) is 11.3 Å². The van der Waals surface area contributed by atoms with Gasteiger partial charge in [0.2, 0.25) is 0 Å². The van der Waals surface area contributed by atoms with Crippen LogP contribution in [-0.2, 0) is 9.26 Å². The van der Waals surface area contributed by atoms with Crippen molar-refractivity contribution < 1.29 is 19.3 Å². The zero-order valence-corrected chi connectivity index (χ0v) is 14.1. The monoisotopic (exact) mass is 367 g/mol. The van der Waals surface area contributed by atoms with Gasteiger partial charge in [-0.15, -0.1) is 0 Å². The number of aliphatic hydroxyl groups is 1. The van der Waals surface area contributed by atoms with Crippen molar-refractivity contribution in [1.29, 1.82) is 5.26 Å². The Hall–Kier alpha value is -1.93. The number of aliphatic hydroxyl groups excluding tert-OH is 1. The topological polar surface area (TPSA) is 164 Å². The van der Waals surface area contributed by atoms with Crippen LogP contribution >= 0.6 is 8.53 Å². The fraction of sp³-hybridized carbons (Fsp3) is 0.538. The summed E-state index contributed by atoms with van der Waals surface area (Å²) >= 11 is 0. The number of hydrogen-bond donors (Lipinski definition) is 4. The minimum absolute atomic E-state index is 0.0170. The number of nitrogens with two attached hydrogens (primary N) is 1. The third-order valence-electron chi connectivity index (χ3n) is 3.75. The molecule has 0 aliphatic carbocycles. The van der Waals surface area contributed by atoms with Crippen LogP contribution < -0.4 is 10.8 Å². The van der Waals surface area contributed by atoms with Gasteiger partial charge in [0.1, 0.15) is 24.2 Å². The van der Waals surface area contributed by atoms with E-state index >= 15 is 0 Å². The predicted octanol–water partition coefficient (Wildman–Crippen LogP) is -0.204. The Morgan fingerprint density at radius 1 is 1.52 bits per heavy atom. The smallest absolute Gasteiger partial charge is 0.253 e. The molecule has 0 amide bonds. The summed E-state index contributed by atoms with van der Waals surface area (Å²) < 4.78 is 12.8. The van der Waals surface area contributed by atoms with E-state index in [4.69, 9.17) is 20.3 Å². The molecule has 1 fully saturated rings. The number of aromatic nitrogens is 4. The minimum Gasteiger partial charge on any atom is -0.390 e. The van der Waals surface area contributed by atoms with Gasteiger partial charge in [0.05, 0.1) is 25.1 Å². The third kappa shape index (κ3) is 4.01. The SMILES string of the molecule is N#CCCNP(O)OC[C@H]1O[C@@H](n2cnc3c(N)ncnc32)C[C@@H]1O. The summed E-state index contributed by atoms with van der Waals surface area (Å²) in [5, 5.41) is 21.3. The molecule has 12 heteroatoms. The molecule has 5 N–H and O–H groups in total. The first-order valence-corrected chi connectivity index (χ1v) is 8.80. The van der Waals surface area contributed by atoms with Crippen LogP contribution in [0.2, 0.25) is 0 Å². The van der Waals surface area contributed by atoms with Crippen molar-refractivity contribution in [2.45, 2.75) is 31.3 Å². The number of nitrogen functional groups attached to an aromatic ring is 1. The fourth-order valence-corrected chi connectivity index (χ4v) is 3.20. The van der Waals surface area contributed by atoms with E-state index in [0.29, 0.717) is 24.1 Å². The van der Waals surface area contributed by atoms with Crippen LogP contribution in [0.5, 0.6) is 0 Å². The van der Waals surface area contributed by atoms with Gasteiger partial charge in [-0.1, -0.05) is 0 Å². The second-order valence-corrected chi connectivity index (χ2v) is 6.52. The first-order chi connectivity index (χ1) is 12.1. The largest absolute Gasteiger partial charge is 0.390 e. The average molecular weight is 367 g/mol. The molecule has 0 spiro atoms. The lowest BCUT2D eigenvalue weighted by molar-refractivity contribution is -0.0381. The third-order valence-corrected chi connectivity index (χ3v) is 4.63. The highest BCUT2D eigenvalue weighted by Crippen LogP contribution is 2.34. The van der Waals surface area contributed by atoms with E-state index in [1.807, 2.05) is 6.07 Å². The number of hydrogen-bond acceptors (Lipinski definition) is 10. The van der Waals surface area contributed by atoms with E-state index < -0.39 is 27.0 Å². The standard InChI is InChI=1S/C13H18N7O4P/c14-2-1-3-19-25(22)23-5-9-8(21)4-10(24-9)20-7-18-11-12(15)16-6-17-13(11)20/h6-10,19,21-22H,1,3-5H2,(H2,15,16,17)/t8-,9+,10+,25?/m0/s1. The van der Waals surface area contributed by atoms with E-state index in [1.165, 1.54) is 6.33 Å². The summed E-state index contributed by atoms with van der Waals surface area (Å²) in [7, 11) is -1.87. The molecule has 2 aromatic heterocycles. The van der Waals surface area contributed by atoms with Crippen LogP contribution in [-0.4, -0.2) is 54.9 Å². The highest BCUT2D eigenvalue weighted by Gasteiger charge is 2.36. The lowest BCUT2D eigenvalue weighted by Crippen LogP contribution is -2.26. The molecular weight excluding hydrogens is 349 g/mol. The Morgan fingerprint density at radius 2 is 2.36 bits per heavy atom. The maximum Gasteiger partial charge on any atom is 0.253 e. The maximum absolute atomic E-state index is 10.2. The number of fused-ring (bicyclic) bond motifs is 1. The first kappa shape index (κ1) is 17.9. The number of rotatable bonds is 7. The molecule has 0 radical (unpaired) electrons. The lowest BCUT2D eigenvalue weighted by Gasteiger charge is -2.18. The number of anilines is 1. The van der Waals surface area contributed by atoms with Gasteiger partial charge >= 0.3 is 0 Å². The lowest BCUT2D eigenvalue weighted by atomic mass is 10.2. The molecule has 1 saturated heterocycles.